The summed E-state index contributed by atoms with van der Waals surface area (Å²) in [6, 6.07) is 10.4. The number of hydrogen-bond acceptors (Lipinski definition) is 4. The number of alkyl halides is 3. The summed E-state index contributed by atoms with van der Waals surface area (Å²) in [5, 5.41) is 15.6. The Morgan fingerprint density at radius 1 is 0.956 bits per heavy atom. The summed E-state index contributed by atoms with van der Waals surface area (Å²) in [6.07, 6.45) is 1.39. The number of carboxylic acids is 1. The van der Waals surface area contributed by atoms with E-state index >= 15 is 0 Å². The Bertz CT molecular complexity index is 1680. The molecule has 11 heteroatoms. The molecule has 0 heterocycles. The Hall–Kier alpha value is -4.41. The number of anilines is 1. The van der Waals surface area contributed by atoms with Crippen LogP contribution in [0.15, 0.2) is 66.2 Å². The van der Waals surface area contributed by atoms with Crippen LogP contribution in [0.3, 0.4) is 0 Å². The molecule has 0 aliphatic heterocycles. The maximum atomic E-state index is 14.8. The molecule has 236 valence electrons. The van der Waals surface area contributed by atoms with Gasteiger partial charge in [0.15, 0.2) is 0 Å². The van der Waals surface area contributed by atoms with E-state index in [9.17, 15) is 36.6 Å². The van der Waals surface area contributed by atoms with Crippen molar-refractivity contribution in [3.63, 3.8) is 0 Å². The zero-order valence-corrected chi connectivity index (χ0v) is 24.3. The lowest BCUT2D eigenvalue weighted by molar-refractivity contribution is -0.139. The van der Waals surface area contributed by atoms with Gasteiger partial charge in [0.25, 0.3) is 5.91 Å². The number of carbonyl (C=O) groups is 2. The molecule has 6 nitrogen and oxygen atoms in total. The van der Waals surface area contributed by atoms with Crippen LogP contribution < -0.4 is 15.4 Å². The van der Waals surface area contributed by atoms with Crippen LogP contribution in [0.25, 0.3) is 11.1 Å². The number of carbonyl (C=O) groups excluding carboxylic acids is 1. The highest BCUT2D eigenvalue weighted by Gasteiger charge is 2.52. The molecule has 3 aromatic carbocycles. The molecule has 0 spiro atoms. The highest BCUT2D eigenvalue weighted by atomic mass is 19.4. The number of hydrogen-bond donors (Lipinski definition) is 3. The number of nitrogens with one attached hydrogen (secondary N) is 2. The van der Waals surface area contributed by atoms with Gasteiger partial charge in [-0.15, -0.1) is 0 Å². The van der Waals surface area contributed by atoms with Crippen molar-refractivity contribution in [3.05, 3.63) is 94.6 Å². The molecule has 4 atom stereocenters. The van der Waals surface area contributed by atoms with Crippen LogP contribution in [-0.4, -0.2) is 36.7 Å². The predicted octanol–water partition coefficient (Wildman–Crippen LogP) is 7.56. The highest BCUT2D eigenvalue weighted by Crippen LogP contribution is 2.54. The van der Waals surface area contributed by atoms with Crippen molar-refractivity contribution >= 4 is 17.6 Å². The first-order valence-electron chi connectivity index (χ1n) is 14.8. The van der Waals surface area contributed by atoms with E-state index in [4.69, 9.17) is 4.74 Å². The standard InChI is InChI=1S/C34H31F5N2O4/c1-45-30-11-5-18(23-14-19(33(43)44)4-9-28(23)35)13-25(30)32(42)41-31-22-8-7-21(24(22)12-17-2-3-17)26(31)16-40-20-6-10-29(36)27(15-20)34(37,38)39/h4-6,9-15,17,21-22,26,31,40H,2-3,7-8,16H2,1H3,(H,41,42)(H,43,44)/b24-12-/t21-,22+,26-,31+/m0/s1. The molecule has 0 aromatic heterocycles. The Morgan fingerprint density at radius 2 is 1.69 bits per heavy atom. The highest BCUT2D eigenvalue weighted by molar-refractivity contribution is 5.99. The predicted molar refractivity (Wildman–Crippen MR) is 157 cm³/mol. The number of aromatic carboxylic acids is 1. The summed E-state index contributed by atoms with van der Waals surface area (Å²) in [4.78, 5) is 25.4. The van der Waals surface area contributed by atoms with Crippen molar-refractivity contribution in [2.45, 2.75) is 37.9 Å². The third-order valence-corrected chi connectivity index (χ3v) is 9.19. The number of halogens is 5. The Kier molecular flexibility index (Phi) is 8.05. The van der Waals surface area contributed by atoms with E-state index in [0.29, 0.717) is 11.5 Å². The lowest BCUT2D eigenvalue weighted by Gasteiger charge is -2.32. The molecule has 45 heavy (non-hydrogen) atoms. The van der Waals surface area contributed by atoms with Crippen LogP contribution in [-0.2, 0) is 6.18 Å². The topological polar surface area (TPSA) is 87.7 Å². The maximum absolute atomic E-state index is 14.8. The van der Waals surface area contributed by atoms with Crippen LogP contribution in [0.4, 0.5) is 27.6 Å². The zero-order valence-electron chi connectivity index (χ0n) is 24.3. The van der Waals surface area contributed by atoms with E-state index in [-0.39, 0.29) is 58.5 Å². The van der Waals surface area contributed by atoms with Gasteiger partial charge in [0.05, 0.1) is 23.8 Å². The van der Waals surface area contributed by atoms with Gasteiger partial charge in [0, 0.05) is 35.7 Å². The summed E-state index contributed by atoms with van der Waals surface area (Å²) < 4.78 is 74.1. The second kappa shape index (κ2) is 11.8. The minimum absolute atomic E-state index is 0.0146. The number of carboxylic acid groups (broad SMARTS) is 1. The lowest BCUT2D eigenvalue weighted by Crippen LogP contribution is -2.46. The third-order valence-electron chi connectivity index (χ3n) is 9.19. The molecule has 3 saturated carbocycles. The van der Waals surface area contributed by atoms with Gasteiger partial charge in [-0.25, -0.2) is 13.6 Å². The number of benzene rings is 3. The fourth-order valence-electron chi connectivity index (χ4n) is 6.87. The summed E-state index contributed by atoms with van der Waals surface area (Å²) >= 11 is 0. The molecular weight excluding hydrogens is 595 g/mol. The summed E-state index contributed by atoms with van der Waals surface area (Å²) in [5.74, 6) is -2.95. The van der Waals surface area contributed by atoms with Gasteiger partial charge in [-0.2, -0.15) is 13.2 Å². The SMILES string of the molecule is COc1ccc(-c2cc(C(=O)O)ccc2F)cc1C(=O)N[C@H]1[C@@H](CNc2ccc(F)c(C(F)(F)F)c2)[C@H]2CC[C@@H]1/C2=C\C1CC1. The van der Waals surface area contributed by atoms with Crippen molar-refractivity contribution in [1.29, 1.82) is 0 Å². The van der Waals surface area contributed by atoms with Crippen LogP contribution in [0.5, 0.6) is 5.75 Å². The van der Waals surface area contributed by atoms with Gasteiger partial charge in [-0.05, 0) is 91.6 Å². The van der Waals surface area contributed by atoms with Crippen molar-refractivity contribution in [1.82, 2.24) is 5.32 Å². The first-order chi connectivity index (χ1) is 21.4. The minimum atomic E-state index is -4.84. The van der Waals surface area contributed by atoms with Gasteiger partial charge < -0.3 is 20.5 Å². The van der Waals surface area contributed by atoms with E-state index in [1.807, 2.05) is 0 Å². The summed E-state index contributed by atoms with van der Waals surface area (Å²) in [6.45, 7) is 0.251. The van der Waals surface area contributed by atoms with Crippen molar-refractivity contribution in [3.8, 4) is 16.9 Å². The lowest BCUT2D eigenvalue weighted by atomic mass is 9.84. The molecule has 1 amide bonds. The molecule has 0 unspecified atom stereocenters. The van der Waals surface area contributed by atoms with Gasteiger partial charge in [-0.1, -0.05) is 17.7 Å². The molecule has 2 bridgehead atoms. The summed E-state index contributed by atoms with van der Waals surface area (Å²) in [7, 11) is 1.40. The molecule has 0 saturated heterocycles. The first kappa shape index (κ1) is 30.6. The summed E-state index contributed by atoms with van der Waals surface area (Å²) in [5.41, 5.74) is 0.369. The minimum Gasteiger partial charge on any atom is -0.496 e. The third kappa shape index (κ3) is 6.12. The van der Waals surface area contributed by atoms with Crippen LogP contribution in [0.2, 0.25) is 0 Å². The van der Waals surface area contributed by atoms with Crippen molar-refractivity contribution in [2.24, 2.45) is 23.7 Å². The van der Waals surface area contributed by atoms with Gasteiger partial charge in [0.1, 0.15) is 17.4 Å². The normalized spacial score (nSPS) is 23.3. The first-order valence-corrected chi connectivity index (χ1v) is 14.8. The number of fused-ring (bicyclic) bond motifs is 2. The fourth-order valence-corrected chi connectivity index (χ4v) is 6.87. The van der Waals surface area contributed by atoms with Gasteiger partial charge in [-0.3, -0.25) is 4.79 Å². The second-order valence-corrected chi connectivity index (χ2v) is 11.9. The molecule has 3 aliphatic carbocycles. The number of ether oxygens (including phenoxy) is 1. The second-order valence-electron chi connectivity index (χ2n) is 11.9. The fraction of sp³-hybridized carbons (Fsp3) is 0.353. The number of allylic oxidation sites excluding steroid dienone is 1. The molecule has 3 aliphatic rings. The molecular formula is C34H31F5N2O4. The van der Waals surface area contributed by atoms with E-state index in [2.05, 4.69) is 16.7 Å². The van der Waals surface area contributed by atoms with E-state index in [1.54, 1.807) is 0 Å². The zero-order chi connectivity index (χ0) is 32.0. The smallest absolute Gasteiger partial charge is 0.419 e. The molecule has 3 aromatic rings. The maximum Gasteiger partial charge on any atom is 0.419 e. The number of methoxy groups -OCH3 is 1. The van der Waals surface area contributed by atoms with Gasteiger partial charge in [0.2, 0.25) is 0 Å². The largest absolute Gasteiger partial charge is 0.496 e. The average Bonchev–Trinajstić information content (AvgIpc) is 3.69. The van der Waals surface area contributed by atoms with Crippen LogP contribution in [0, 0.1) is 35.3 Å². The molecule has 6 rings (SSSR count). The number of rotatable bonds is 9. The van der Waals surface area contributed by atoms with Crippen molar-refractivity contribution < 1.29 is 41.4 Å². The Morgan fingerprint density at radius 3 is 2.38 bits per heavy atom. The Labute approximate surface area is 256 Å². The van der Waals surface area contributed by atoms with Gasteiger partial charge >= 0.3 is 12.1 Å². The van der Waals surface area contributed by atoms with E-state index in [1.165, 1.54) is 43.0 Å². The van der Waals surface area contributed by atoms with Crippen LogP contribution >= 0.6 is 0 Å². The monoisotopic (exact) mass is 626 g/mol. The molecule has 0 radical (unpaired) electrons. The molecule has 3 N–H and O–H groups in total. The van der Waals surface area contributed by atoms with Crippen molar-refractivity contribution in [2.75, 3.05) is 19.0 Å². The van der Waals surface area contributed by atoms with Crippen LogP contribution in [0.1, 0.15) is 52.0 Å². The van der Waals surface area contributed by atoms with E-state index in [0.717, 1.165) is 49.9 Å². The molecule has 3 fully saturated rings. The Balaban J connectivity index is 1.29. The average molecular weight is 627 g/mol. The van der Waals surface area contributed by atoms with E-state index < -0.39 is 35.3 Å². The quantitative estimate of drug-likeness (QED) is 0.169. The number of amides is 1.